The van der Waals surface area contributed by atoms with Gasteiger partial charge in [0.1, 0.15) is 0 Å². The highest BCUT2D eigenvalue weighted by Gasteiger charge is 2.20. The van der Waals surface area contributed by atoms with Crippen molar-refractivity contribution >= 4 is 0 Å². The summed E-state index contributed by atoms with van der Waals surface area (Å²) in [4.78, 5) is 2.48. The molecule has 0 spiro atoms. The first-order chi connectivity index (χ1) is 7.80. The van der Waals surface area contributed by atoms with Crippen LogP contribution in [0.15, 0.2) is 0 Å². The number of aliphatic hydroxyl groups is 1. The topological polar surface area (TPSA) is 44.7 Å². The quantitative estimate of drug-likeness (QED) is 0.667. The molecule has 1 unspecified atom stereocenters. The van der Waals surface area contributed by atoms with Gasteiger partial charge in [0.15, 0.2) is 0 Å². The summed E-state index contributed by atoms with van der Waals surface area (Å²) >= 11 is 0. The molecule has 0 amide bonds. The number of nitrogens with one attached hydrogen (secondary N) is 1. The van der Waals surface area contributed by atoms with Crippen molar-refractivity contribution in [3.05, 3.63) is 0 Å². The van der Waals surface area contributed by atoms with Crippen molar-refractivity contribution in [1.29, 1.82) is 0 Å². The molecule has 0 aromatic heterocycles. The number of ether oxygens (including phenoxy) is 1. The molecule has 96 valence electrons. The van der Waals surface area contributed by atoms with Gasteiger partial charge in [0.25, 0.3) is 0 Å². The van der Waals surface area contributed by atoms with Crippen LogP contribution in [0.5, 0.6) is 0 Å². The minimum absolute atomic E-state index is 0.231. The Bertz CT molecular complexity index is 164. The van der Waals surface area contributed by atoms with E-state index < -0.39 is 0 Å². The van der Waals surface area contributed by atoms with Gasteiger partial charge in [0, 0.05) is 25.8 Å². The Morgan fingerprint density at radius 1 is 1.44 bits per heavy atom. The van der Waals surface area contributed by atoms with Crippen LogP contribution in [0, 0.1) is 0 Å². The van der Waals surface area contributed by atoms with Crippen LogP contribution in [0.25, 0.3) is 0 Å². The molecule has 0 saturated carbocycles. The molecule has 0 aliphatic carbocycles. The Labute approximate surface area is 99.0 Å². The van der Waals surface area contributed by atoms with E-state index in [4.69, 9.17) is 9.84 Å². The van der Waals surface area contributed by atoms with Gasteiger partial charge in [0.05, 0.1) is 6.61 Å². The highest BCUT2D eigenvalue weighted by molar-refractivity contribution is 4.80. The average molecular weight is 230 g/mol. The molecular formula is C12H26N2O2. The van der Waals surface area contributed by atoms with Crippen LogP contribution in [0.2, 0.25) is 0 Å². The largest absolute Gasteiger partial charge is 0.396 e. The second kappa shape index (κ2) is 8.01. The molecular weight excluding hydrogens is 204 g/mol. The van der Waals surface area contributed by atoms with Gasteiger partial charge in [-0.15, -0.1) is 0 Å². The first kappa shape index (κ1) is 13.9. The van der Waals surface area contributed by atoms with Crippen molar-refractivity contribution in [2.24, 2.45) is 0 Å². The number of rotatable bonds is 7. The molecule has 16 heavy (non-hydrogen) atoms. The minimum Gasteiger partial charge on any atom is -0.396 e. The summed E-state index contributed by atoms with van der Waals surface area (Å²) in [5.41, 5.74) is 0. The number of piperidine rings is 1. The van der Waals surface area contributed by atoms with Gasteiger partial charge in [-0.25, -0.2) is 0 Å². The van der Waals surface area contributed by atoms with Gasteiger partial charge >= 0.3 is 0 Å². The summed E-state index contributed by atoms with van der Waals surface area (Å²) in [7, 11) is 1.71. The third-order valence-corrected chi connectivity index (χ3v) is 3.35. The normalized spacial score (nSPS) is 21.2. The zero-order chi connectivity index (χ0) is 11.8. The second-order valence-corrected chi connectivity index (χ2v) is 4.54. The van der Waals surface area contributed by atoms with E-state index in [1.165, 1.54) is 25.9 Å². The Balaban J connectivity index is 2.24. The number of hydrogen-bond donors (Lipinski definition) is 2. The van der Waals surface area contributed by atoms with Crippen LogP contribution in [-0.2, 0) is 4.74 Å². The molecule has 1 aliphatic heterocycles. The van der Waals surface area contributed by atoms with Gasteiger partial charge in [-0.2, -0.15) is 0 Å². The fourth-order valence-corrected chi connectivity index (χ4v) is 2.32. The average Bonchev–Trinajstić information content (AvgIpc) is 2.31. The lowest BCUT2D eigenvalue weighted by molar-refractivity contribution is 0.128. The highest BCUT2D eigenvalue weighted by atomic mass is 16.5. The molecule has 1 rings (SSSR count). The summed E-state index contributed by atoms with van der Waals surface area (Å²) in [5.74, 6) is 0. The van der Waals surface area contributed by atoms with E-state index in [0.717, 1.165) is 13.0 Å². The first-order valence-electron chi connectivity index (χ1n) is 6.38. The number of hydrogen-bond acceptors (Lipinski definition) is 4. The number of likely N-dealkylation sites (tertiary alicyclic amines) is 1. The summed E-state index contributed by atoms with van der Waals surface area (Å²) in [6.45, 7) is 6.67. The first-order valence-corrected chi connectivity index (χ1v) is 6.38. The SMILES string of the molecule is CCN1CCC(NC(CCO)COC)CC1. The lowest BCUT2D eigenvalue weighted by atomic mass is 10.0. The third-order valence-electron chi connectivity index (χ3n) is 3.35. The summed E-state index contributed by atoms with van der Waals surface area (Å²) in [6, 6.07) is 0.891. The predicted octanol–water partition coefficient (Wildman–Crippen LogP) is 0.458. The number of methoxy groups -OCH3 is 1. The van der Waals surface area contributed by atoms with Crippen LogP contribution < -0.4 is 5.32 Å². The van der Waals surface area contributed by atoms with E-state index in [2.05, 4.69) is 17.1 Å². The Hall–Kier alpha value is -0.160. The van der Waals surface area contributed by atoms with Crippen molar-refractivity contribution in [1.82, 2.24) is 10.2 Å². The number of nitrogens with zero attached hydrogens (tertiary/aromatic N) is 1. The molecule has 1 saturated heterocycles. The van der Waals surface area contributed by atoms with Crippen LogP contribution >= 0.6 is 0 Å². The molecule has 0 aromatic rings. The van der Waals surface area contributed by atoms with E-state index in [1.54, 1.807) is 7.11 Å². The molecule has 1 aliphatic rings. The van der Waals surface area contributed by atoms with Crippen molar-refractivity contribution < 1.29 is 9.84 Å². The van der Waals surface area contributed by atoms with Crippen molar-refractivity contribution in [2.45, 2.75) is 38.3 Å². The van der Waals surface area contributed by atoms with Crippen molar-refractivity contribution in [3.8, 4) is 0 Å². The molecule has 2 N–H and O–H groups in total. The lowest BCUT2D eigenvalue weighted by Gasteiger charge is -2.33. The second-order valence-electron chi connectivity index (χ2n) is 4.54. The predicted molar refractivity (Wildman–Crippen MR) is 65.6 cm³/mol. The minimum atomic E-state index is 0.231. The zero-order valence-corrected chi connectivity index (χ0v) is 10.6. The molecule has 1 heterocycles. The van der Waals surface area contributed by atoms with E-state index in [0.29, 0.717) is 18.7 Å². The molecule has 0 aromatic carbocycles. The van der Waals surface area contributed by atoms with E-state index in [-0.39, 0.29) is 6.61 Å². The van der Waals surface area contributed by atoms with Gasteiger partial charge in [0.2, 0.25) is 0 Å². The monoisotopic (exact) mass is 230 g/mol. The summed E-state index contributed by atoms with van der Waals surface area (Å²) in [6.07, 6.45) is 3.20. The molecule has 1 fully saturated rings. The van der Waals surface area contributed by atoms with Crippen LogP contribution in [-0.4, -0.2) is 62.0 Å². The molecule has 0 bridgehead atoms. The Morgan fingerprint density at radius 2 is 2.12 bits per heavy atom. The Morgan fingerprint density at radius 3 is 2.62 bits per heavy atom. The fourth-order valence-electron chi connectivity index (χ4n) is 2.32. The summed E-state index contributed by atoms with van der Waals surface area (Å²) in [5, 5.41) is 12.6. The summed E-state index contributed by atoms with van der Waals surface area (Å²) < 4.78 is 5.16. The number of aliphatic hydroxyl groups excluding tert-OH is 1. The molecule has 0 radical (unpaired) electrons. The van der Waals surface area contributed by atoms with Gasteiger partial charge in [-0.3, -0.25) is 0 Å². The zero-order valence-electron chi connectivity index (χ0n) is 10.6. The smallest absolute Gasteiger partial charge is 0.0616 e. The van der Waals surface area contributed by atoms with Gasteiger partial charge < -0.3 is 20.1 Å². The van der Waals surface area contributed by atoms with E-state index in [1.807, 2.05) is 0 Å². The maximum atomic E-state index is 8.97. The highest BCUT2D eigenvalue weighted by Crippen LogP contribution is 2.11. The van der Waals surface area contributed by atoms with E-state index >= 15 is 0 Å². The van der Waals surface area contributed by atoms with Crippen LogP contribution in [0.3, 0.4) is 0 Å². The van der Waals surface area contributed by atoms with Crippen LogP contribution in [0.1, 0.15) is 26.2 Å². The third kappa shape index (κ3) is 4.78. The molecule has 4 nitrogen and oxygen atoms in total. The Kier molecular flexibility index (Phi) is 6.96. The van der Waals surface area contributed by atoms with Crippen molar-refractivity contribution in [3.63, 3.8) is 0 Å². The molecule has 4 heteroatoms. The van der Waals surface area contributed by atoms with Gasteiger partial charge in [-0.1, -0.05) is 6.92 Å². The molecule has 1 atom stereocenters. The fraction of sp³-hybridized carbons (Fsp3) is 1.00. The lowest BCUT2D eigenvalue weighted by Crippen LogP contribution is -2.47. The van der Waals surface area contributed by atoms with E-state index in [9.17, 15) is 0 Å². The van der Waals surface area contributed by atoms with Crippen LogP contribution in [0.4, 0.5) is 0 Å². The maximum Gasteiger partial charge on any atom is 0.0616 e. The standard InChI is InChI=1S/C12H26N2O2/c1-3-14-7-4-11(5-8-14)13-12(6-9-15)10-16-2/h11-13,15H,3-10H2,1-2H3. The maximum absolute atomic E-state index is 8.97. The van der Waals surface area contributed by atoms with Crippen molar-refractivity contribution in [2.75, 3.05) is 40.0 Å². The van der Waals surface area contributed by atoms with Gasteiger partial charge in [-0.05, 0) is 38.9 Å².